The van der Waals surface area contributed by atoms with Crippen molar-refractivity contribution in [2.75, 3.05) is 6.54 Å². The van der Waals surface area contributed by atoms with E-state index in [0.717, 1.165) is 28.2 Å². The molecular formula is C17H21F3IN5O. The molecule has 0 spiro atoms. The zero-order valence-electron chi connectivity index (χ0n) is 14.9. The quantitative estimate of drug-likeness (QED) is 0.451. The Morgan fingerprint density at radius 1 is 1.33 bits per heavy atom. The van der Waals surface area contributed by atoms with Crippen LogP contribution in [-0.2, 0) is 24.1 Å². The minimum Gasteiger partial charge on any atom is -0.356 e. The molecule has 3 rings (SSSR count). The molecular weight excluding hydrogens is 474 g/mol. The summed E-state index contributed by atoms with van der Waals surface area (Å²) in [6, 6.07) is 1.16. The van der Waals surface area contributed by atoms with Crippen molar-refractivity contribution in [3.8, 4) is 0 Å². The first-order valence-electron chi connectivity index (χ1n) is 8.85. The number of nitrogens with one attached hydrogen (secondary N) is 1. The van der Waals surface area contributed by atoms with Crippen molar-refractivity contribution in [1.29, 1.82) is 0 Å². The number of aromatic nitrogens is 4. The van der Waals surface area contributed by atoms with E-state index in [1.807, 2.05) is 13.1 Å². The number of amides is 1. The van der Waals surface area contributed by atoms with Crippen LogP contribution in [0, 0.1) is 10.5 Å². The third-order valence-corrected chi connectivity index (χ3v) is 5.48. The van der Waals surface area contributed by atoms with Gasteiger partial charge in [0.1, 0.15) is 0 Å². The Hall–Kier alpha value is -1.59. The van der Waals surface area contributed by atoms with Crippen LogP contribution >= 0.6 is 22.6 Å². The number of nitrogens with zero attached hydrogens (tertiary/aromatic N) is 4. The number of hydrogen-bond donors (Lipinski definition) is 1. The Morgan fingerprint density at radius 3 is 2.67 bits per heavy atom. The number of aryl methyl sites for hydroxylation is 3. The standard InChI is InChI=1S/C17H21F3IN5O/c1-11-13(21)10-25(23-11)8-5-16(27)22-6-2-7-26-14(12-3-4-12)9-15(24-26)17(18,19)20/h9-10,12H,2-8H2,1H3,(H,22,27). The molecule has 0 aromatic carbocycles. The smallest absolute Gasteiger partial charge is 0.356 e. The summed E-state index contributed by atoms with van der Waals surface area (Å²) in [7, 11) is 0. The van der Waals surface area contributed by atoms with Crippen LogP contribution in [0.15, 0.2) is 12.3 Å². The highest BCUT2D eigenvalue weighted by atomic mass is 127. The van der Waals surface area contributed by atoms with Crippen molar-refractivity contribution in [2.24, 2.45) is 0 Å². The van der Waals surface area contributed by atoms with Crippen molar-refractivity contribution >= 4 is 28.5 Å². The largest absolute Gasteiger partial charge is 0.435 e. The summed E-state index contributed by atoms with van der Waals surface area (Å²) in [6.45, 7) is 3.17. The highest BCUT2D eigenvalue weighted by Crippen LogP contribution is 2.42. The molecule has 1 amide bonds. The number of alkyl halides is 3. The molecule has 27 heavy (non-hydrogen) atoms. The lowest BCUT2D eigenvalue weighted by atomic mass is 10.2. The molecule has 2 aromatic rings. The van der Waals surface area contributed by atoms with E-state index < -0.39 is 11.9 Å². The maximum absolute atomic E-state index is 12.9. The second-order valence-electron chi connectivity index (χ2n) is 6.73. The molecule has 0 bridgehead atoms. The average Bonchev–Trinajstić information content (AvgIpc) is 3.26. The highest BCUT2D eigenvalue weighted by Gasteiger charge is 2.37. The summed E-state index contributed by atoms with van der Waals surface area (Å²) in [5.41, 5.74) is 0.745. The van der Waals surface area contributed by atoms with Gasteiger partial charge in [0, 0.05) is 43.9 Å². The fourth-order valence-electron chi connectivity index (χ4n) is 2.83. The third-order valence-electron chi connectivity index (χ3n) is 4.42. The molecule has 1 fully saturated rings. The summed E-state index contributed by atoms with van der Waals surface area (Å²) in [4.78, 5) is 11.9. The van der Waals surface area contributed by atoms with Crippen LogP contribution in [0.25, 0.3) is 0 Å². The van der Waals surface area contributed by atoms with Crippen LogP contribution in [0.1, 0.15) is 48.7 Å². The molecule has 0 saturated heterocycles. The molecule has 1 aliphatic rings. The van der Waals surface area contributed by atoms with Gasteiger partial charge in [-0.25, -0.2) is 0 Å². The monoisotopic (exact) mass is 495 g/mol. The first-order valence-corrected chi connectivity index (χ1v) is 9.93. The normalized spacial score (nSPS) is 14.6. The summed E-state index contributed by atoms with van der Waals surface area (Å²) < 4.78 is 42.8. The van der Waals surface area contributed by atoms with E-state index in [2.05, 4.69) is 38.1 Å². The Kier molecular flexibility index (Phi) is 6.11. The molecule has 10 heteroatoms. The van der Waals surface area contributed by atoms with Crippen molar-refractivity contribution < 1.29 is 18.0 Å². The summed E-state index contributed by atoms with van der Waals surface area (Å²) in [5, 5.41) is 10.8. The zero-order valence-corrected chi connectivity index (χ0v) is 17.0. The van der Waals surface area contributed by atoms with Crippen LogP contribution in [0.5, 0.6) is 0 Å². The van der Waals surface area contributed by atoms with Gasteiger partial charge in [0.05, 0.1) is 9.26 Å². The van der Waals surface area contributed by atoms with Gasteiger partial charge in [-0.15, -0.1) is 0 Å². The molecule has 0 aliphatic heterocycles. The molecule has 1 aliphatic carbocycles. The van der Waals surface area contributed by atoms with Gasteiger partial charge in [0.15, 0.2) is 5.69 Å². The lowest BCUT2D eigenvalue weighted by Crippen LogP contribution is -2.26. The first kappa shape index (κ1) is 20.2. The molecule has 1 N–H and O–H groups in total. The van der Waals surface area contributed by atoms with Crippen molar-refractivity contribution in [3.05, 3.63) is 32.9 Å². The van der Waals surface area contributed by atoms with Gasteiger partial charge in [0.25, 0.3) is 0 Å². The molecule has 148 valence electrons. The van der Waals surface area contributed by atoms with E-state index in [-0.39, 0.29) is 11.8 Å². The van der Waals surface area contributed by atoms with Gasteiger partial charge in [-0.05, 0) is 54.8 Å². The van der Waals surface area contributed by atoms with E-state index in [1.165, 1.54) is 4.68 Å². The van der Waals surface area contributed by atoms with E-state index in [4.69, 9.17) is 0 Å². The Balaban J connectivity index is 1.43. The Morgan fingerprint density at radius 2 is 2.07 bits per heavy atom. The molecule has 2 heterocycles. The molecule has 6 nitrogen and oxygen atoms in total. The highest BCUT2D eigenvalue weighted by molar-refractivity contribution is 14.1. The topological polar surface area (TPSA) is 64.7 Å². The number of carbonyl (C=O) groups excluding carboxylic acids is 1. The van der Waals surface area contributed by atoms with E-state index in [9.17, 15) is 18.0 Å². The van der Waals surface area contributed by atoms with Crippen molar-refractivity contribution in [3.63, 3.8) is 0 Å². The Bertz CT molecular complexity index is 791. The van der Waals surface area contributed by atoms with E-state index in [1.54, 1.807) is 4.68 Å². The van der Waals surface area contributed by atoms with Gasteiger partial charge < -0.3 is 5.32 Å². The zero-order chi connectivity index (χ0) is 19.6. The number of halogens is 4. The molecule has 2 aromatic heterocycles. The van der Waals surface area contributed by atoms with Gasteiger partial charge in [-0.3, -0.25) is 14.2 Å². The summed E-state index contributed by atoms with van der Waals surface area (Å²) >= 11 is 2.19. The maximum atomic E-state index is 12.9. The van der Waals surface area contributed by atoms with Gasteiger partial charge in [0.2, 0.25) is 5.91 Å². The van der Waals surface area contributed by atoms with Crippen molar-refractivity contribution in [1.82, 2.24) is 24.9 Å². The summed E-state index contributed by atoms with van der Waals surface area (Å²) in [6.07, 6.45) is 0.120. The Labute approximate surface area is 168 Å². The minimum atomic E-state index is -4.42. The molecule has 1 saturated carbocycles. The SMILES string of the molecule is Cc1nn(CCC(=O)NCCCn2nc(C(F)(F)F)cc2C2CC2)cc1I. The molecule has 0 unspecified atom stereocenters. The number of carbonyl (C=O) groups is 1. The van der Waals surface area contributed by atoms with Gasteiger partial charge in [-0.2, -0.15) is 23.4 Å². The first-order chi connectivity index (χ1) is 12.7. The van der Waals surface area contributed by atoms with Crippen LogP contribution in [0.2, 0.25) is 0 Å². The van der Waals surface area contributed by atoms with E-state index >= 15 is 0 Å². The lowest BCUT2D eigenvalue weighted by molar-refractivity contribution is -0.141. The predicted octanol–water partition coefficient (Wildman–Crippen LogP) is 3.49. The average molecular weight is 495 g/mol. The lowest BCUT2D eigenvalue weighted by Gasteiger charge is -2.08. The second-order valence-corrected chi connectivity index (χ2v) is 7.89. The van der Waals surface area contributed by atoms with Crippen LogP contribution in [0.3, 0.4) is 0 Å². The third kappa shape index (κ3) is 5.45. The fraction of sp³-hybridized carbons (Fsp3) is 0.588. The maximum Gasteiger partial charge on any atom is 0.435 e. The van der Waals surface area contributed by atoms with Gasteiger partial charge >= 0.3 is 6.18 Å². The summed E-state index contributed by atoms with van der Waals surface area (Å²) in [5.74, 6) is 0.0838. The number of rotatable bonds is 8. The fourth-order valence-corrected chi connectivity index (χ4v) is 3.26. The van der Waals surface area contributed by atoms with Crippen LogP contribution in [-0.4, -0.2) is 32.0 Å². The van der Waals surface area contributed by atoms with Crippen LogP contribution in [0.4, 0.5) is 13.2 Å². The number of hydrogen-bond acceptors (Lipinski definition) is 3. The molecule has 0 atom stereocenters. The van der Waals surface area contributed by atoms with Gasteiger partial charge in [-0.1, -0.05) is 0 Å². The molecule has 0 radical (unpaired) electrons. The van der Waals surface area contributed by atoms with Crippen LogP contribution < -0.4 is 5.32 Å². The predicted molar refractivity (Wildman–Crippen MR) is 101 cm³/mol. The van der Waals surface area contributed by atoms with Crippen molar-refractivity contribution in [2.45, 2.75) is 57.8 Å². The van der Waals surface area contributed by atoms with E-state index in [0.29, 0.717) is 38.2 Å². The second kappa shape index (κ2) is 8.19. The minimum absolute atomic E-state index is 0.1000.